The van der Waals surface area contributed by atoms with E-state index < -0.39 is 0 Å². The zero-order valence-corrected chi connectivity index (χ0v) is 16.9. The number of carbonyl (C=O) groups is 2. The van der Waals surface area contributed by atoms with Crippen LogP contribution in [-0.4, -0.2) is 37.1 Å². The van der Waals surface area contributed by atoms with Crippen LogP contribution < -0.4 is 20.1 Å². The van der Waals surface area contributed by atoms with Crippen LogP contribution in [0.15, 0.2) is 36.7 Å². The van der Waals surface area contributed by atoms with Crippen molar-refractivity contribution >= 4 is 11.8 Å². The van der Waals surface area contributed by atoms with Crippen LogP contribution in [0.4, 0.5) is 0 Å². The van der Waals surface area contributed by atoms with Gasteiger partial charge in [-0.1, -0.05) is 25.3 Å². The lowest BCUT2D eigenvalue weighted by Crippen LogP contribution is -2.36. The summed E-state index contributed by atoms with van der Waals surface area (Å²) >= 11 is 0. The summed E-state index contributed by atoms with van der Waals surface area (Å²) in [5, 5.41) is 5.89. The number of hydrogen-bond acceptors (Lipinski definition) is 5. The van der Waals surface area contributed by atoms with Crippen molar-refractivity contribution < 1.29 is 19.1 Å². The van der Waals surface area contributed by atoms with E-state index in [0.29, 0.717) is 29.2 Å². The molecule has 0 atom stereocenters. The molecule has 1 aromatic heterocycles. The highest BCUT2D eigenvalue weighted by atomic mass is 16.5. The van der Waals surface area contributed by atoms with Gasteiger partial charge in [0.15, 0.2) is 11.5 Å². The van der Waals surface area contributed by atoms with Crippen LogP contribution >= 0.6 is 0 Å². The molecule has 3 rings (SSSR count). The Balaban J connectivity index is 1.61. The van der Waals surface area contributed by atoms with Crippen LogP contribution in [0.5, 0.6) is 11.5 Å². The molecule has 29 heavy (non-hydrogen) atoms. The molecule has 2 amide bonds. The van der Waals surface area contributed by atoms with Gasteiger partial charge in [-0.25, -0.2) is 0 Å². The molecule has 0 spiro atoms. The molecule has 1 aromatic carbocycles. The normalized spacial score (nSPS) is 14.1. The second-order valence-electron chi connectivity index (χ2n) is 7.14. The van der Waals surface area contributed by atoms with Gasteiger partial charge < -0.3 is 20.1 Å². The van der Waals surface area contributed by atoms with Crippen LogP contribution in [0, 0.1) is 0 Å². The second-order valence-corrected chi connectivity index (χ2v) is 7.14. The third-order valence-corrected chi connectivity index (χ3v) is 5.10. The van der Waals surface area contributed by atoms with Crippen LogP contribution in [0.3, 0.4) is 0 Å². The predicted molar refractivity (Wildman–Crippen MR) is 109 cm³/mol. The maximum atomic E-state index is 12.5. The summed E-state index contributed by atoms with van der Waals surface area (Å²) in [6, 6.07) is 7.24. The summed E-state index contributed by atoms with van der Waals surface area (Å²) in [5.74, 6) is 0.754. The number of carbonyl (C=O) groups excluding carboxylic acids is 2. The minimum Gasteiger partial charge on any atom is -0.493 e. The minimum atomic E-state index is -0.292. The van der Waals surface area contributed by atoms with Gasteiger partial charge in [0.2, 0.25) is 0 Å². The quantitative estimate of drug-likeness (QED) is 0.749. The Bertz CT molecular complexity index is 863. The van der Waals surface area contributed by atoms with Crippen molar-refractivity contribution in [3.63, 3.8) is 0 Å². The number of aromatic nitrogens is 1. The molecule has 154 valence electrons. The number of ether oxygens (including phenoxy) is 2. The first kappa shape index (κ1) is 20.6. The van der Waals surface area contributed by atoms with Gasteiger partial charge in [-0.15, -0.1) is 0 Å². The standard InChI is InChI=1S/C22H27N3O4/c1-28-19-9-8-15(10-20(19)29-2)12-24-21(26)16-11-17(14-23-13-16)22(27)25-18-6-4-3-5-7-18/h8-11,13-14,18H,3-7,12H2,1-2H3,(H,24,26)(H,25,27). The maximum absolute atomic E-state index is 12.5. The van der Waals surface area contributed by atoms with E-state index in [9.17, 15) is 9.59 Å². The number of nitrogens with zero attached hydrogens (tertiary/aromatic N) is 1. The smallest absolute Gasteiger partial charge is 0.253 e. The Kier molecular flexibility index (Phi) is 7.05. The van der Waals surface area contributed by atoms with Crippen molar-refractivity contribution in [3.8, 4) is 11.5 Å². The van der Waals surface area contributed by atoms with Crippen molar-refractivity contribution in [1.82, 2.24) is 15.6 Å². The summed E-state index contributed by atoms with van der Waals surface area (Å²) in [4.78, 5) is 29.1. The molecule has 1 fully saturated rings. The van der Waals surface area contributed by atoms with Gasteiger partial charge in [-0.2, -0.15) is 0 Å². The minimum absolute atomic E-state index is 0.182. The molecule has 7 heteroatoms. The van der Waals surface area contributed by atoms with Crippen molar-refractivity contribution in [1.29, 1.82) is 0 Å². The van der Waals surface area contributed by atoms with Gasteiger partial charge >= 0.3 is 0 Å². The fourth-order valence-electron chi connectivity index (χ4n) is 3.48. The van der Waals surface area contributed by atoms with E-state index >= 15 is 0 Å². The van der Waals surface area contributed by atoms with Crippen molar-refractivity contribution in [2.45, 2.75) is 44.7 Å². The molecule has 0 bridgehead atoms. The molecule has 7 nitrogen and oxygen atoms in total. The number of hydrogen-bond donors (Lipinski definition) is 2. The monoisotopic (exact) mass is 397 g/mol. The van der Waals surface area contributed by atoms with E-state index in [0.717, 1.165) is 31.2 Å². The highest BCUT2D eigenvalue weighted by molar-refractivity contribution is 5.99. The molecule has 0 unspecified atom stereocenters. The van der Waals surface area contributed by atoms with E-state index in [4.69, 9.17) is 9.47 Å². The SMILES string of the molecule is COc1ccc(CNC(=O)c2cncc(C(=O)NC3CCCCC3)c2)cc1OC. The van der Waals surface area contributed by atoms with Gasteiger partial charge in [-0.05, 0) is 36.6 Å². The summed E-state index contributed by atoms with van der Waals surface area (Å²) < 4.78 is 10.5. The van der Waals surface area contributed by atoms with Crippen molar-refractivity contribution in [3.05, 3.63) is 53.3 Å². The van der Waals surface area contributed by atoms with Crippen LogP contribution in [0.1, 0.15) is 58.4 Å². The molecule has 2 N–H and O–H groups in total. The molecule has 1 heterocycles. The number of pyridine rings is 1. The highest BCUT2D eigenvalue weighted by Gasteiger charge is 2.18. The molecule has 1 saturated carbocycles. The van der Waals surface area contributed by atoms with Crippen LogP contribution in [0.25, 0.3) is 0 Å². The average molecular weight is 397 g/mol. The Morgan fingerprint density at radius 3 is 2.34 bits per heavy atom. The molecule has 0 aliphatic heterocycles. The first-order valence-corrected chi connectivity index (χ1v) is 9.85. The summed E-state index contributed by atoms with van der Waals surface area (Å²) in [6.45, 7) is 0.317. The second kappa shape index (κ2) is 9.91. The lowest BCUT2D eigenvalue weighted by Gasteiger charge is -2.22. The van der Waals surface area contributed by atoms with E-state index in [2.05, 4.69) is 15.6 Å². The van der Waals surface area contributed by atoms with Crippen molar-refractivity contribution in [2.75, 3.05) is 14.2 Å². The van der Waals surface area contributed by atoms with E-state index in [1.807, 2.05) is 12.1 Å². The lowest BCUT2D eigenvalue weighted by molar-refractivity contribution is 0.0927. The van der Waals surface area contributed by atoms with Gasteiger partial charge in [0.25, 0.3) is 11.8 Å². The van der Waals surface area contributed by atoms with Gasteiger partial charge in [0, 0.05) is 25.0 Å². The predicted octanol–water partition coefficient (Wildman–Crippen LogP) is 3.09. The molecular formula is C22H27N3O4. The number of benzene rings is 1. The van der Waals surface area contributed by atoms with Gasteiger partial charge in [-0.3, -0.25) is 14.6 Å². The largest absolute Gasteiger partial charge is 0.493 e. The topological polar surface area (TPSA) is 89.5 Å². The third-order valence-electron chi connectivity index (χ3n) is 5.10. The Labute approximate surface area is 170 Å². The van der Waals surface area contributed by atoms with E-state index in [1.54, 1.807) is 26.4 Å². The Morgan fingerprint density at radius 2 is 1.66 bits per heavy atom. The fourth-order valence-corrected chi connectivity index (χ4v) is 3.48. The number of amides is 2. The number of nitrogens with one attached hydrogen (secondary N) is 2. The lowest BCUT2D eigenvalue weighted by atomic mass is 9.95. The zero-order valence-electron chi connectivity index (χ0n) is 16.9. The molecular weight excluding hydrogens is 370 g/mol. The maximum Gasteiger partial charge on any atom is 0.253 e. The number of methoxy groups -OCH3 is 2. The summed E-state index contributed by atoms with van der Waals surface area (Å²) in [6.07, 6.45) is 8.47. The first-order valence-electron chi connectivity index (χ1n) is 9.85. The van der Waals surface area contributed by atoms with Gasteiger partial charge in [0.1, 0.15) is 0 Å². The molecule has 2 aromatic rings. The Hall–Kier alpha value is -3.09. The molecule has 1 aliphatic rings. The van der Waals surface area contributed by atoms with E-state index in [-0.39, 0.29) is 17.9 Å². The van der Waals surface area contributed by atoms with Crippen molar-refractivity contribution in [2.24, 2.45) is 0 Å². The summed E-state index contributed by atoms with van der Waals surface area (Å²) in [7, 11) is 3.14. The number of rotatable bonds is 7. The third kappa shape index (κ3) is 5.47. The highest BCUT2D eigenvalue weighted by Crippen LogP contribution is 2.27. The van der Waals surface area contributed by atoms with Gasteiger partial charge in [0.05, 0.1) is 25.3 Å². The average Bonchev–Trinajstić information content (AvgIpc) is 2.78. The summed E-state index contributed by atoms with van der Waals surface area (Å²) in [5.41, 5.74) is 1.62. The zero-order chi connectivity index (χ0) is 20.6. The van der Waals surface area contributed by atoms with Crippen LogP contribution in [-0.2, 0) is 6.54 Å². The Morgan fingerprint density at radius 1 is 0.966 bits per heavy atom. The molecule has 1 aliphatic carbocycles. The molecule has 0 saturated heterocycles. The first-order chi connectivity index (χ1) is 14.1. The van der Waals surface area contributed by atoms with E-state index in [1.165, 1.54) is 18.8 Å². The fraction of sp³-hybridized carbons (Fsp3) is 0.409. The molecule has 0 radical (unpaired) electrons. The van der Waals surface area contributed by atoms with Crippen LogP contribution in [0.2, 0.25) is 0 Å².